The topological polar surface area (TPSA) is 46.5 Å². The van der Waals surface area contributed by atoms with E-state index in [0.717, 1.165) is 0 Å². The van der Waals surface area contributed by atoms with Crippen molar-refractivity contribution in [1.82, 2.24) is 0 Å². The van der Waals surface area contributed by atoms with Crippen molar-refractivity contribution < 1.29 is 14.6 Å². The lowest BCUT2D eigenvalue weighted by Gasteiger charge is -2.06. The van der Waals surface area contributed by atoms with Crippen LogP contribution in [0.5, 0.6) is 0 Å². The zero-order chi connectivity index (χ0) is 7.98. The number of carbonyl (C=O) groups excluding carboxylic acids is 1. The van der Waals surface area contributed by atoms with E-state index < -0.39 is 11.9 Å². The number of rotatable bonds is 3. The molecule has 0 amide bonds. The summed E-state index contributed by atoms with van der Waals surface area (Å²) in [6.45, 7) is -0.293. The Kier molecular flexibility index (Phi) is 4.34. The molecular formula is C7H9O3. The smallest absolute Gasteiger partial charge is 0.311 e. The normalized spacial score (nSPS) is 11.7. The quantitative estimate of drug-likeness (QED) is 0.435. The molecule has 0 spiro atoms. The van der Waals surface area contributed by atoms with E-state index in [1.165, 1.54) is 7.11 Å². The zero-order valence-corrected chi connectivity index (χ0v) is 5.76. The number of esters is 1. The summed E-state index contributed by atoms with van der Waals surface area (Å²) >= 11 is 0. The molecule has 0 rings (SSSR count). The van der Waals surface area contributed by atoms with E-state index >= 15 is 0 Å². The molecule has 0 fully saturated rings. The van der Waals surface area contributed by atoms with Crippen molar-refractivity contribution in [1.29, 1.82) is 0 Å². The first kappa shape index (κ1) is 8.99. The average molecular weight is 141 g/mol. The molecule has 1 atom stereocenters. The highest BCUT2D eigenvalue weighted by molar-refractivity contribution is 5.72. The second-order valence-corrected chi connectivity index (χ2v) is 1.78. The Hall–Kier alpha value is -1.01. The van der Waals surface area contributed by atoms with Crippen molar-refractivity contribution >= 4 is 5.97 Å². The molecule has 0 saturated heterocycles. The van der Waals surface area contributed by atoms with Crippen LogP contribution in [0.3, 0.4) is 0 Å². The highest BCUT2D eigenvalue weighted by Gasteiger charge is 2.15. The Bertz CT molecular complexity index is 145. The van der Waals surface area contributed by atoms with Crippen molar-refractivity contribution in [2.24, 2.45) is 5.92 Å². The maximum Gasteiger partial charge on any atom is 0.311 e. The van der Waals surface area contributed by atoms with E-state index in [1.807, 2.05) is 5.92 Å². The maximum atomic E-state index is 10.6. The van der Waals surface area contributed by atoms with Gasteiger partial charge in [0.2, 0.25) is 0 Å². The van der Waals surface area contributed by atoms with Crippen molar-refractivity contribution in [2.45, 2.75) is 6.42 Å². The fraction of sp³-hybridized carbons (Fsp3) is 0.571. The second-order valence-electron chi connectivity index (χ2n) is 1.78. The van der Waals surface area contributed by atoms with Gasteiger partial charge in [0, 0.05) is 6.42 Å². The van der Waals surface area contributed by atoms with Gasteiger partial charge in [0.15, 0.2) is 0 Å². The Morgan fingerprint density at radius 1 is 1.90 bits per heavy atom. The molecule has 1 N–H and O–H groups in total. The Labute approximate surface area is 60.0 Å². The average Bonchev–Trinajstić information content (AvgIpc) is 1.99. The molecule has 0 aromatic rings. The van der Waals surface area contributed by atoms with Crippen LogP contribution in [-0.4, -0.2) is 24.8 Å². The highest BCUT2D eigenvalue weighted by atomic mass is 16.5. The lowest BCUT2D eigenvalue weighted by molar-refractivity contribution is -0.146. The summed E-state index contributed by atoms with van der Waals surface area (Å²) in [5.41, 5.74) is 0. The third-order valence-electron chi connectivity index (χ3n) is 1.10. The van der Waals surface area contributed by atoms with Gasteiger partial charge in [-0.15, -0.1) is 0 Å². The molecular weight excluding hydrogens is 132 g/mol. The molecule has 0 heterocycles. The molecule has 3 heteroatoms. The molecule has 0 aromatic carbocycles. The molecule has 0 saturated carbocycles. The molecule has 1 radical (unpaired) electrons. The molecule has 0 aliphatic rings. The fourth-order valence-corrected chi connectivity index (χ4v) is 0.512. The standard InChI is InChI=1S/C7H9O3/c1-3-4-6(5-8)7(9)10-2/h6,8H,4-5H2,2H3. The molecule has 10 heavy (non-hydrogen) atoms. The first-order valence-electron chi connectivity index (χ1n) is 2.84. The van der Waals surface area contributed by atoms with Crippen LogP contribution in [-0.2, 0) is 9.53 Å². The van der Waals surface area contributed by atoms with Crippen molar-refractivity contribution in [3.63, 3.8) is 0 Å². The van der Waals surface area contributed by atoms with E-state index in [1.54, 1.807) is 0 Å². The van der Waals surface area contributed by atoms with Gasteiger partial charge in [0.25, 0.3) is 0 Å². The summed E-state index contributed by atoms with van der Waals surface area (Å²) in [5, 5.41) is 8.53. The van der Waals surface area contributed by atoms with E-state index in [0.29, 0.717) is 0 Å². The van der Waals surface area contributed by atoms with E-state index in [-0.39, 0.29) is 13.0 Å². The number of hydrogen-bond donors (Lipinski definition) is 1. The van der Waals surface area contributed by atoms with Crippen LogP contribution in [0.15, 0.2) is 0 Å². The molecule has 0 aliphatic heterocycles. The summed E-state index contributed by atoms with van der Waals surface area (Å²) in [4.78, 5) is 10.6. The predicted octanol–water partition coefficient (Wildman–Crippen LogP) is -0.252. The summed E-state index contributed by atoms with van der Waals surface area (Å²) in [5.74, 6) is 0.902. The van der Waals surface area contributed by atoms with Gasteiger partial charge in [-0.05, 0) is 6.42 Å². The van der Waals surface area contributed by atoms with Gasteiger partial charge in [-0.3, -0.25) is 4.79 Å². The third kappa shape index (κ3) is 2.51. The van der Waals surface area contributed by atoms with E-state index in [9.17, 15) is 4.79 Å². The summed E-state index contributed by atoms with van der Waals surface area (Å²) < 4.78 is 4.33. The lowest BCUT2D eigenvalue weighted by Crippen LogP contribution is -2.19. The first-order chi connectivity index (χ1) is 4.76. The largest absolute Gasteiger partial charge is 0.469 e. The van der Waals surface area contributed by atoms with Gasteiger partial charge < -0.3 is 9.84 Å². The molecule has 1 unspecified atom stereocenters. The lowest BCUT2D eigenvalue weighted by atomic mass is 10.1. The maximum absolute atomic E-state index is 10.6. The summed E-state index contributed by atoms with van der Waals surface area (Å²) in [6.07, 6.45) is 6.65. The SMILES string of the molecule is [C]#CCC(CO)C(=O)OC. The number of ether oxygens (including phenoxy) is 1. The summed E-state index contributed by atoms with van der Waals surface area (Å²) in [6, 6.07) is 0. The number of carbonyl (C=O) groups is 1. The van der Waals surface area contributed by atoms with E-state index in [4.69, 9.17) is 11.5 Å². The molecule has 3 nitrogen and oxygen atoms in total. The van der Waals surface area contributed by atoms with Crippen LogP contribution < -0.4 is 0 Å². The zero-order valence-electron chi connectivity index (χ0n) is 5.76. The van der Waals surface area contributed by atoms with Crippen molar-refractivity contribution in [3.05, 3.63) is 6.42 Å². The van der Waals surface area contributed by atoms with Gasteiger partial charge in [-0.1, -0.05) is 5.92 Å². The minimum atomic E-state index is -0.623. The number of aliphatic hydroxyl groups excluding tert-OH is 1. The molecule has 55 valence electrons. The monoisotopic (exact) mass is 141 g/mol. The van der Waals surface area contributed by atoms with Crippen LogP contribution >= 0.6 is 0 Å². The molecule has 0 aromatic heterocycles. The van der Waals surface area contributed by atoms with Gasteiger partial charge >= 0.3 is 5.97 Å². The Balaban J connectivity index is 3.83. The van der Waals surface area contributed by atoms with Gasteiger partial charge in [0.1, 0.15) is 0 Å². The Morgan fingerprint density at radius 2 is 2.50 bits per heavy atom. The Morgan fingerprint density at radius 3 is 2.80 bits per heavy atom. The van der Waals surface area contributed by atoms with Crippen LogP contribution in [0, 0.1) is 18.3 Å². The predicted molar refractivity (Wildman–Crippen MR) is 34.3 cm³/mol. The minimum absolute atomic E-state index is 0.114. The van der Waals surface area contributed by atoms with Crippen molar-refractivity contribution in [2.75, 3.05) is 13.7 Å². The highest BCUT2D eigenvalue weighted by Crippen LogP contribution is 2.02. The van der Waals surface area contributed by atoms with Crippen LogP contribution in [0.2, 0.25) is 0 Å². The van der Waals surface area contributed by atoms with Gasteiger partial charge in [-0.25, -0.2) is 0 Å². The minimum Gasteiger partial charge on any atom is -0.469 e. The fourth-order valence-electron chi connectivity index (χ4n) is 0.512. The molecule has 0 aliphatic carbocycles. The number of hydrogen-bond acceptors (Lipinski definition) is 3. The third-order valence-corrected chi connectivity index (χ3v) is 1.10. The number of methoxy groups -OCH3 is 1. The van der Waals surface area contributed by atoms with Crippen LogP contribution in [0.25, 0.3) is 0 Å². The van der Waals surface area contributed by atoms with Crippen molar-refractivity contribution in [3.8, 4) is 5.92 Å². The summed E-state index contributed by atoms with van der Waals surface area (Å²) in [7, 11) is 1.24. The van der Waals surface area contributed by atoms with Gasteiger partial charge in [0.05, 0.1) is 19.6 Å². The van der Waals surface area contributed by atoms with Gasteiger partial charge in [-0.2, -0.15) is 0 Å². The molecule has 0 bridgehead atoms. The van der Waals surface area contributed by atoms with Crippen LogP contribution in [0.4, 0.5) is 0 Å². The first-order valence-corrected chi connectivity index (χ1v) is 2.84. The van der Waals surface area contributed by atoms with E-state index in [2.05, 4.69) is 4.74 Å². The van der Waals surface area contributed by atoms with Crippen LogP contribution in [0.1, 0.15) is 6.42 Å². The second kappa shape index (κ2) is 4.83. The number of aliphatic hydroxyl groups is 1.